The van der Waals surface area contributed by atoms with Crippen LogP contribution in [-0.4, -0.2) is 51.1 Å². The quantitative estimate of drug-likeness (QED) is 0.473. The van der Waals surface area contributed by atoms with E-state index in [4.69, 9.17) is 9.47 Å². The number of methoxy groups -OCH3 is 2. The van der Waals surface area contributed by atoms with Gasteiger partial charge in [-0.3, -0.25) is 0 Å². The van der Waals surface area contributed by atoms with Crippen LogP contribution in [0.15, 0.2) is 35.5 Å². The first-order valence-electron chi connectivity index (χ1n) is 8.69. The molecule has 3 rings (SSSR count). The van der Waals surface area contributed by atoms with Crippen LogP contribution in [0.4, 0.5) is 24.7 Å². The summed E-state index contributed by atoms with van der Waals surface area (Å²) in [5, 5.41) is 12.9. The number of halogens is 3. The summed E-state index contributed by atoms with van der Waals surface area (Å²) < 4.78 is 79.5. The number of nitrogens with one attached hydrogen (secondary N) is 2. The Morgan fingerprint density at radius 1 is 1.06 bits per heavy atom. The van der Waals surface area contributed by atoms with E-state index in [0.717, 1.165) is 31.6 Å². The van der Waals surface area contributed by atoms with E-state index in [0.29, 0.717) is 0 Å². The third kappa shape index (κ3) is 4.55. The Morgan fingerprint density at radius 3 is 2.34 bits per heavy atom. The van der Waals surface area contributed by atoms with E-state index in [-0.39, 0.29) is 44.6 Å². The first-order valence-corrected chi connectivity index (χ1v) is 10.2. The molecular formula is C18H17F3N4O6S. The minimum atomic E-state index is -5.04. The second-order valence-electron chi connectivity index (χ2n) is 6.12. The van der Waals surface area contributed by atoms with E-state index in [1.54, 1.807) is 0 Å². The van der Waals surface area contributed by atoms with Crippen LogP contribution in [0.25, 0.3) is 10.9 Å². The maximum atomic E-state index is 12.9. The molecule has 1 heterocycles. The van der Waals surface area contributed by atoms with Gasteiger partial charge in [0.15, 0.2) is 17.2 Å². The second-order valence-corrected chi connectivity index (χ2v) is 8.00. The molecular weight excluding hydrogens is 457 g/mol. The maximum absolute atomic E-state index is 12.9. The highest BCUT2D eigenvalue weighted by molar-refractivity contribution is 7.89. The van der Waals surface area contributed by atoms with Crippen LogP contribution >= 0.6 is 0 Å². The monoisotopic (exact) mass is 474 g/mol. The zero-order valence-corrected chi connectivity index (χ0v) is 17.6. The van der Waals surface area contributed by atoms with Crippen LogP contribution in [0.2, 0.25) is 0 Å². The molecule has 0 fully saturated rings. The lowest BCUT2D eigenvalue weighted by Crippen LogP contribution is -2.20. The molecule has 2 aromatic carbocycles. The Kier molecular flexibility index (Phi) is 6.18. The molecule has 10 nitrogen and oxygen atoms in total. The summed E-state index contributed by atoms with van der Waals surface area (Å²) >= 11 is 0. The standard InChI is InChI=1S/C18H17F3N4O6S/c1-22-32(27,28)9-4-5-13(31-18(19,20)21)10(6-9)25-17-14-11(23-8-24-17)7-12(26)15(29-2)16(14)30-3/h4-8,22,26H,1-3H3,(H,23,24,25). The Morgan fingerprint density at radius 2 is 1.75 bits per heavy atom. The summed E-state index contributed by atoms with van der Waals surface area (Å²) in [6, 6.07) is 4.01. The van der Waals surface area contributed by atoms with Crippen LogP contribution in [0, 0.1) is 0 Å². The molecule has 0 aliphatic carbocycles. The summed E-state index contributed by atoms with van der Waals surface area (Å²) in [4.78, 5) is 7.72. The molecule has 0 bridgehead atoms. The van der Waals surface area contributed by atoms with Crippen molar-refractivity contribution in [3.63, 3.8) is 0 Å². The zero-order valence-electron chi connectivity index (χ0n) is 16.8. The highest BCUT2D eigenvalue weighted by atomic mass is 32.2. The maximum Gasteiger partial charge on any atom is 0.573 e. The number of fused-ring (bicyclic) bond motifs is 1. The number of phenolic OH excluding ortho intramolecular Hbond substituents is 1. The summed E-state index contributed by atoms with van der Waals surface area (Å²) in [6.07, 6.45) is -3.95. The highest BCUT2D eigenvalue weighted by Gasteiger charge is 2.33. The summed E-state index contributed by atoms with van der Waals surface area (Å²) in [5.41, 5.74) is -0.178. The van der Waals surface area contributed by atoms with Gasteiger partial charge in [-0.05, 0) is 25.2 Å². The van der Waals surface area contributed by atoms with Crippen molar-refractivity contribution in [2.24, 2.45) is 0 Å². The van der Waals surface area contributed by atoms with E-state index >= 15 is 0 Å². The van der Waals surface area contributed by atoms with Crippen molar-refractivity contribution in [2.75, 3.05) is 26.6 Å². The molecule has 172 valence electrons. The third-order valence-electron chi connectivity index (χ3n) is 4.23. The molecule has 3 aromatic rings. The van der Waals surface area contributed by atoms with Crippen LogP contribution in [0.5, 0.6) is 23.0 Å². The van der Waals surface area contributed by atoms with Crippen molar-refractivity contribution >= 4 is 32.4 Å². The minimum absolute atomic E-state index is 0.00268. The fraction of sp³-hybridized carbons (Fsp3) is 0.222. The number of nitrogens with zero attached hydrogens (tertiary/aromatic N) is 2. The van der Waals surface area contributed by atoms with Crippen molar-refractivity contribution in [3.8, 4) is 23.0 Å². The van der Waals surface area contributed by atoms with Gasteiger partial charge in [-0.25, -0.2) is 23.1 Å². The lowest BCUT2D eigenvalue weighted by molar-refractivity contribution is -0.274. The second kappa shape index (κ2) is 8.55. The summed E-state index contributed by atoms with van der Waals surface area (Å²) in [5.74, 6) is -1.11. The lowest BCUT2D eigenvalue weighted by atomic mass is 10.1. The van der Waals surface area contributed by atoms with Gasteiger partial charge in [0, 0.05) is 6.07 Å². The molecule has 0 aliphatic heterocycles. The number of benzene rings is 2. The fourth-order valence-electron chi connectivity index (χ4n) is 2.88. The Bertz CT molecular complexity index is 1270. The topological polar surface area (TPSA) is 132 Å². The number of hydrogen-bond donors (Lipinski definition) is 3. The number of rotatable bonds is 7. The number of hydrogen-bond acceptors (Lipinski definition) is 9. The van der Waals surface area contributed by atoms with E-state index < -0.39 is 22.1 Å². The van der Waals surface area contributed by atoms with E-state index in [2.05, 4.69) is 24.7 Å². The van der Waals surface area contributed by atoms with Gasteiger partial charge in [0.25, 0.3) is 0 Å². The van der Waals surface area contributed by atoms with Gasteiger partial charge in [0.1, 0.15) is 12.1 Å². The van der Waals surface area contributed by atoms with E-state index in [1.165, 1.54) is 20.3 Å². The van der Waals surface area contributed by atoms with Gasteiger partial charge in [0.2, 0.25) is 15.8 Å². The summed E-state index contributed by atoms with van der Waals surface area (Å²) in [7, 11) is -0.263. The molecule has 3 N–H and O–H groups in total. The van der Waals surface area contributed by atoms with Crippen molar-refractivity contribution < 1.29 is 40.9 Å². The Labute approximate surface area is 180 Å². The van der Waals surface area contributed by atoms with Crippen molar-refractivity contribution in [3.05, 3.63) is 30.6 Å². The first kappa shape index (κ1) is 23.1. The van der Waals surface area contributed by atoms with Crippen LogP contribution in [-0.2, 0) is 10.0 Å². The van der Waals surface area contributed by atoms with Gasteiger partial charge >= 0.3 is 6.36 Å². The zero-order chi connectivity index (χ0) is 23.7. The molecule has 0 radical (unpaired) electrons. The number of aromatic nitrogens is 2. The fourth-order valence-corrected chi connectivity index (χ4v) is 3.63. The van der Waals surface area contributed by atoms with Gasteiger partial charge in [-0.1, -0.05) is 0 Å². The number of aromatic hydroxyl groups is 1. The number of anilines is 2. The molecule has 0 aliphatic rings. The Hall–Kier alpha value is -3.52. The van der Waals surface area contributed by atoms with Crippen molar-refractivity contribution in [1.29, 1.82) is 0 Å². The molecule has 0 spiro atoms. The number of phenols is 1. The largest absolute Gasteiger partial charge is 0.573 e. The molecule has 0 atom stereocenters. The predicted molar refractivity (Wildman–Crippen MR) is 107 cm³/mol. The average molecular weight is 474 g/mol. The van der Waals surface area contributed by atoms with Gasteiger partial charge < -0.3 is 24.6 Å². The Balaban J connectivity index is 2.24. The molecule has 32 heavy (non-hydrogen) atoms. The third-order valence-corrected chi connectivity index (χ3v) is 5.65. The smallest absolute Gasteiger partial charge is 0.504 e. The predicted octanol–water partition coefficient (Wildman–Crippen LogP) is 2.90. The molecule has 0 saturated carbocycles. The first-order chi connectivity index (χ1) is 15.0. The summed E-state index contributed by atoms with van der Waals surface area (Å²) in [6.45, 7) is 0. The van der Waals surface area contributed by atoms with Gasteiger partial charge in [0.05, 0.1) is 35.7 Å². The van der Waals surface area contributed by atoms with Crippen LogP contribution < -0.4 is 24.2 Å². The van der Waals surface area contributed by atoms with Crippen LogP contribution in [0.3, 0.4) is 0 Å². The van der Waals surface area contributed by atoms with Crippen molar-refractivity contribution in [2.45, 2.75) is 11.3 Å². The van der Waals surface area contributed by atoms with E-state index in [9.17, 15) is 26.7 Å². The highest BCUT2D eigenvalue weighted by Crippen LogP contribution is 2.45. The minimum Gasteiger partial charge on any atom is -0.504 e. The average Bonchev–Trinajstić information content (AvgIpc) is 2.72. The van der Waals surface area contributed by atoms with Gasteiger partial charge in [-0.15, -0.1) is 13.2 Å². The molecule has 14 heteroatoms. The lowest BCUT2D eigenvalue weighted by Gasteiger charge is -2.18. The van der Waals surface area contributed by atoms with Gasteiger partial charge in [-0.2, -0.15) is 0 Å². The number of sulfonamides is 1. The SMILES string of the molecule is CNS(=O)(=O)c1ccc(OC(F)(F)F)c(Nc2ncnc3cc(O)c(OC)c(OC)c23)c1. The molecule has 0 saturated heterocycles. The molecule has 1 aromatic heterocycles. The molecule has 0 unspecified atom stereocenters. The molecule has 0 amide bonds. The normalized spacial score (nSPS) is 11.9. The van der Waals surface area contributed by atoms with Crippen LogP contribution in [0.1, 0.15) is 0 Å². The van der Waals surface area contributed by atoms with Crippen molar-refractivity contribution in [1.82, 2.24) is 14.7 Å². The number of alkyl halides is 3. The number of ether oxygens (including phenoxy) is 3. The van der Waals surface area contributed by atoms with E-state index in [1.807, 2.05) is 0 Å².